The molecule has 0 saturated carbocycles. The zero-order valence-electron chi connectivity index (χ0n) is 11.9. The van der Waals surface area contributed by atoms with Gasteiger partial charge in [0, 0.05) is 24.5 Å². The van der Waals surface area contributed by atoms with E-state index < -0.39 is 4.92 Å². The van der Waals surface area contributed by atoms with Gasteiger partial charge in [-0.1, -0.05) is 11.3 Å². The van der Waals surface area contributed by atoms with Crippen LogP contribution in [0.4, 0.5) is 16.4 Å². The van der Waals surface area contributed by atoms with E-state index in [4.69, 9.17) is 4.74 Å². The Labute approximate surface area is 129 Å². The maximum absolute atomic E-state index is 11.6. The molecule has 1 amide bonds. The summed E-state index contributed by atoms with van der Waals surface area (Å²) < 4.78 is 6.17. The number of methoxy groups -OCH3 is 1. The second-order valence-corrected chi connectivity index (χ2v) is 5.87. The number of carbonyl (C=O) groups excluding carboxylic acids is 1. The molecular formula is C12H15N5O4S. The lowest BCUT2D eigenvalue weighted by Gasteiger charge is -2.31. The first-order valence-corrected chi connectivity index (χ1v) is 7.67. The van der Waals surface area contributed by atoms with E-state index in [1.807, 2.05) is 0 Å². The molecule has 1 unspecified atom stereocenters. The number of amides is 1. The Morgan fingerprint density at radius 2 is 2.45 bits per heavy atom. The first-order chi connectivity index (χ1) is 10.6. The number of carbonyl (C=O) groups is 1. The maximum Gasteiger partial charge on any atom is 0.409 e. The van der Waals surface area contributed by atoms with Crippen LogP contribution in [-0.2, 0) is 4.74 Å². The Bertz CT molecular complexity index is 711. The van der Waals surface area contributed by atoms with Gasteiger partial charge in [-0.05, 0) is 17.8 Å². The number of anilines is 1. The highest BCUT2D eigenvalue weighted by molar-refractivity contribution is 7.15. The Morgan fingerprint density at radius 3 is 3.18 bits per heavy atom. The molecule has 1 N–H and O–H groups in total. The summed E-state index contributed by atoms with van der Waals surface area (Å²) in [6, 6.07) is -0.0869. The fourth-order valence-electron chi connectivity index (χ4n) is 2.63. The first kappa shape index (κ1) is 14.6. The highest BCUT2D eigenvalue weighted by Gasteiger charge is 2.29. The molecule has 10 heteroatoms. The monoisotopic (exact) mass is 325 g/mol. The standard InChI is InChI=1S/C12H15N5O4S/c1-21-12(18)15-4-2-3-8(7-15)13-9-10(17(19)20)16-5-6-22-11(16)14-9/h5-6,8,13H,2-4,7H2,1H3. The Balaban J connectivity index is 1.80. The lowest BCUT2D eigenvalue weighted by Crippen LogP contribution is -2.45. The highest BCUT2D eigenvalue weighted by Crippen LogP contribution is 2.29. The molecule has 0 aromatic carbocycles. The van der Waals surface area contributed by atoms with E-state index in [1.165, 1.54) is 22.8 Å². The minimum Gasteiger partial charge on any atom is -0.453 e. The second kappa shape index (κ2) is 5.79. The van der Waals surface area contributed by atoms with Crippen LogP contribution < -0.4 is 5.32 Å². The molecule has 22 heavy (non-hydrogen) atoms. The number of fused-ring (bicyclic) bond motifs is 1. The molecule has 1 aliphatic rings. The van der Waals surface area contributed by atoms with E-state index in [-0.39, 0.29) is 23.8 Å². The third kappa shape index (κ3) is 2.56. The van der Waals surface area contributed by atoms with Gasteiger partial charge >= 0.3 is 11.9 Å². The van der Waals surface area contributed by atoms with Crippen molar-refractivity contribution in [3.63, 3.8) is 0 Å². The summed E-state index contributed by atoms with van der Waals surface area (Å²) in [5.41, 5.74) is 0. The molecule has 1 fully saturated rings. The van der Waals surface area contributed by atoms with Crippen molar-refractivity contribution >= 4 is 34.0 Å². The van der Waals surface area contributed by atoms with Gasteiger partial charge in [0.25, 0.3) is 4.96 Å². The molecule has 1 atom stereocenters. The zero-order chi connectivity index (χ0) is 15.7. The fraction of sp³-hybridized carbons (Fsp3) is 0.500. The van der Waals surface area contributed by atoms with Crippen LogP contribution in [0.1, 0.15) is 12.8 Å². The van der Waals surface area contributed by atoms with E-state index in [9.17, 15) is 14.9 Å². The number of aromatic nitrogens is 2. The fourth-order valence-corrected chi connectivity index (χ4v) is 3.34. The summed E-state index contributed by atoms with van der Waals surface area (Å²) in [5, 5.41) is 16.1. The number of ether oxygens (including phenoxy) is 1. The van der Waals surface area contributed by atoms with Gasteiger partial charge in [-0.3, -0.25) is 0 Å². The Kier molecular flexibility index (Phi) is 3.84. The summed E-state index contributed by atoms with van der Waals surface area (Å²) in [4.78, 5) is 28.8. The number of nitrogens with one attached hydrogen (secondary N) is 1. The predicted octanol–water partition coefficient (Wildman–Crippen LogP) is 1.95. The Hall–Kier alpha value is -2.36. The summed E-state index contributed by atoms with van der Waals surface area (Å²) in [5.74, 6) is 0.167. The highest BCUT2D eigenvalue weighted by atomic mass is 32.1. The smallest absolute Gasteiger partial charge is 0.409 e. The van der Waals surface area contributed by atoms with Crippen LogP contribution in [-0.4, -0.2) is 51.5 Å². The van der Waals surface area contributed by atoms with Crippen molar-refractivity contribution in [2.45, 2.75) is 18.9 Å². The average Bonchev–Trinajstić information content (AvgIpc) is 3.06. The lowest BCUT2D eigenvalue weighted by atomic mass is 10.1. The number of piperidine rings is 1. The number of likely N-dealkylation sites (tertiary alicyclic amines) is 1. The molecule has 1 saturated heterocycles. The quantitative estimate of drug-likeness (QED) is 0.683. The number of thiazole rings is 1. The lowest BCUT2D eigenvalue weighted by molar-refractivity contribution is -0.389. The van der Waals surface area contributed by atoms with Gasteiger partial charge in [-0.25, -0.2) is 4.79 Å². The van der Waals surface area contributed by atoms with Crippen LogP contribution in [0, 0.1) is 10.1 Å². The molecule has 0 spiro atoms. The van der Waals surface area contributed by atoms with Crippen molar-refractivity contribution in [2.75, 3.05) is 25.5 Å². The van der Waals surface area contributed by atoms with E-state index in [1.54, 1.807) is 16.5 Å². The van der Waals surface area contributed by atoms with Gasteiger partial charge in [-0.2, -0.15) is 9.38 Å². The third-order valence-corrected chi connectivity index (χ3v) is 4.36. The first-order valence-electron chi connectivity index (χ1n) is 6.79. The third-order valence-electron chi connectivity index (χ3n) is 3.60. The molecule has 0 bridgehead atoms. The minimum absolute atomic E-state index is 0.0774. The van der Waals surface area contributed by atoms with Crippen LogP contribution in [0.3, 0.4) is 0 Å². The Morgan fingerprint density at radius 1 is 1.64 bits per heavy atom. The second-order valence-electron chi connectivity index (χ2n) is 5.00. The predicted molar refractivity (Wildman–Crippen MR) is 80.3 cm³/mol. The molecule has 0 radical (unpaired) electrons. The van der Waals surface area contributed by atoms with Gasteiger partial charge in [0.1, 0.15) is 6.20 Å². The molecule has 0 aliphatic carbocycles. The summed E-state index contributed by atoms with van der Waals surface area (Å²) in [7, 11) is 1.34. The topological polar surface area (TPSA) is 102 Å². The van der Waals surface area contributed by atoms with Crippen molar-refractivity contribution in [1.82, 2.24) is 14.3 Å². The van der Waals surface area contributed by atoms with Gasteiger partial charge in [0.15, 0.2) is 0 Å². The molecule has 1 aliphatic heterocycles. The number of hydrogen-bond acceptors (Lipinski definition) is 7. The van der Waals surface area contributed by atoms with Crippen LogP contribution in [0.25, 0.3) is 4.96 Å². The largest absolute Gasteiger partial charge is 0.453 e. The average molecular weight is 325 g/mol. The van der Waals surface area contributed by atoms with Crippen molar-refractivity contribution in [2.24, 2.45) is 0 Å². The van der Waals surface area contributed by atoms with Crippen molar-refractivity contribution in [3.05, 3.63) is 21.7 Å². The number of nitrogens with zero attached hydrogens (tertiary/aromatic N) is 4. The van der Waals surface area contributed by atoms with Crippen molar-refractivity contribution < 1.29 is 14.5 Å². The van der Waals surface area contributed by atoms with Crippen molar-refractivity contribution in [1.29, 1.82) is 0 Å². The minimum atomic E-state index is -0.448. The van der Waals surface area contributed by atoms with Crippen LogP contribution >= 0.6 is 11.3 Å². The van der Waals surface area contributed by atoms with E-state index >= 15 is 0 Å². The molecule has 3 rings (SSSR count). The van der Waals surface area contributed by atoms with Crippen LogP contribution in [0.15, 0.2) is 11.6 Å². The van der Waals surface area contributed by atoms with Gasteiger partial charge in [-0.15, -0.1) is 0 Å². The van der Waals surface area contributed by atoms with Crippen LogP contribution in [0.2, 0.25) is 0 Å². The summed E-state index contributed by atoms with van der Waals surface area (Å²) >= 11 is 1.33. The number of imidazole rings is 1. The molecule has 9 nitrogen and oxygen atoms in total. The maximum atomic E-state index is 11.6. The van der Waals surface area contributed by atoms with E-state index in [2.05, 4.69) is 10.3 Å². The normalized spacial score (nSPS) is 18.4. The molecular weight excluding hydrogens is 310 g/mol. The van der Waals surface area contributed by atoms with Gasteiger partial charge in [0.2, 0.25) is 5.82 Å². The van der Waals surface area contributed by atoms with E-state index in [0.717, 1.165) is 12.8 Å². The number of hydrogen-bond donors (Lipinski definition) is 1. The summed E-state index contributed by atoms with van der Waals surface area (Å²) in [6.45, 7) is 1.07. The van der Waals surface area contributed by atoms with E-state index in [0.29, 0.717) is 18.1 Å². The van der Waals surface area contributed by atoms with Gasteiger partial charge < -0.3 is 25.1 Å². The molecule has 118 valence electrons. The zero-order valence-corrected chi connectivity index (χ0v) is 12.7. The van der Waals surface area contributed by atoms with Gasteiger partial charge in [0.05, 0.1) is 7.11 Å². The molecule has 3 heterocycles. The summed E-state index contributed by atoms with van der Waals surface area (Å²) in [6.07, 6.45) is 2.86. The SMILES string of the molecule is COC(=O)N1CCCC(Nc2nc3sccn3c2[N+](=O)[O-])C1. The molecule has 2 aromatic rings. The molecule has 2 aromatic heterocycles. The number of rotatable bonds is 3. The van der Waals surface area contributed by atoms with Crippen molar-refractivity contribution in [3.8, 4) is 0 Å². The number of nitro groups is 1. The van der Waals surface area contributed by atoms with Crippen LogP contribution in [0.5, 0.6) is 0 Å².